The van der Waals surface area contributed by atoms with Gasteiger partial charge in [0.25, 0.3) is 5.91 Å². The molecular formula is C18H19ClN2O. The van der Waals surface area contributed by atoms with Gasteiger partial charge in [-0.05, 0) is 49.1 Å². The van der Waals surface area contributed by atoms with E-state index in [0.717, 1.165) is 17.8 Å². The molecule has 22 heavy (non-hydrogen) atoms. The standard InChI is InChI=1S/C18H18N2O.ClH/c1-12-6-7-13(19)10-14(12)17(21)20-11-18(8-9-18)15-4-2-3-5-16(15)20;/h2-7,10H,8-9,11,19H2,1H3;1H. The minimum Gasteiger partial charge on any atom is -0.399 e. The summed E-state index contributed by atoms with van der Waals surface area (Å²) >= 11 is 0. The Balaban J connectivity index is 0.00000144. The van der Waals surface area contributed by atoms with Crippen LogP contribution in [0.15, 0.2) is 42.5 Å². The van der Waals surface area contributed by atoms with Crippen LogP contribution in [0.1, 0.15) is 34.3 Å². The smallest absolute Gasteiger partial charge is 0.258 e. The summed E-state index contributed by atoms with van der Waals surface area (Å²) in [5.41, 5.74) is 10.8. The van der Waals surface area contributed by atoms with Crippen molar-refractivity contribution in [3.8, 4) is 0 Å². The molecule has 1 spiro atoms. The number of hydrogen-bond acceptors (Lipinski definition) is 2. The predicted molar refractivity (Wildman–Crippen MR) is 91.9 cm³/mol. The summed E-state index contributed by atoms with van der Waals surface area (Å²) < 4.78 is 0. The minimum atomic E-state index is 0. The number of carbonyl (C=O) groups excluding carboxylic acids is 1. The zero-order valence-corrected chi connectivity index (χ0v) is 13.3. The molecule has 0 atom stereocenters. The van der Waals surface area contributed by atoms with Gasteiger partial charge in [-0.15, -0.1) is 12.4 Å². The quantitative estimate of drug-likeness (QED) is 0.816. The third kappa shape index (κ3) is 2.08. The highest BCUT2D eigenvalue weighted by atomic mass is 35.5. The molecule has 2 aromatic carbocycles. The van der Waals surface area contributed by atoms with Gasteiger partial charge in [-0.25, -0.2) is 0 Å². The molecule has 0 unspecified atom stereocenters. The summed E-state index contributed by atoms with van der Waals surface area (Å²) in [4.78, 5) is 14.9. The van der Waals surface area contributed by atoms with E-state index in [1.165, 1.54) is 18.4 Å². The highest BCUT2D eigenvalue weighted by Gasteiger charge is 2.52. The summed E-state index contributed by atoms with van der Waals surface area (Å²) in [5.74, 6) is 0.0658. The molecule has 1 fully saturated rings. The molecule has 114 valence electrons. The van der Waals surface area contributed by atoms with E-state index in [2.05, 4.69) is 18.2 Å². The maximum atomic E-state index is 13.0. The molecule has 1 saturated carbocycles. The third-order valence-electron chi connectivity index (χ3n) is 4.82. The Morgan fingerprint density at radius 3 is 2.64 bits per heavy atom. The first kappa shape index (κ1) is 14.9. The third-order valence-corrected chi connectivity index (χ3v) is 4.82. The Hall–Kier alpha value is -2.00. The average Bonchev–Trinajstić information content (AvgIpc) is 3.19. The molecule has 3 nitrogen and oxygen atoms in total. The van der Waals surface area contributed by atoms with E-state index in [4.69, 9.17) is 5.73 Å². The molecule has 0 aromatic heterocycles. The number of rotatable bonds is 1. The van der Waals surface area contributed by atoms with Gasteiger partial charge in [-0.3, -0.25) is 4.79 Å². The van der Waals surface area contributed by atoms with Gasteiger partial charge in [-0.1, -0.05) is 24.3 Å². The van der Waals surface area contributed by atoms with E-state index in [9.17, 15) is 4.79 Å². The fourth-order valence-corrected chi connectivity index (χ4v) is 3.41. The monoisotopic (exact) mass is 314 g/mol. The number of nitrogen functional groups attached to an aromatic ring is 1. The van der Waals surface area contributed by atoms with Crippen molar-refractivity contribution in [2.24, 2.45) is 0 Å². The van der Waals surface area contributed by atoms with Gasteiger partial charge < -0.3 is 10.6 Å². The first-order valence-electron chi connectivity index (χ1n) is 7.38. The molecule has 0 radical (unpaired) electrons. The summed E-state index contributed by atoms with van der Waals surface area (Å²) in [6.07, 6.45) is 2.37. The second-order valence-electron chi connectivity index (χ2n) is 6.26. The summed E-state index contributed by atoms with van der Waals surface area (Å²) in [6.45, 7) is 2.76. The van der Waals surface area contributed by atoms with E-state index < -0.39 is 0 Å². The van der Waals surface area contributed by atoms with Crippen molar-refractivity contribution in [3.63, 3.8) is 0 Å². The van der Waals surface area contributed by atoms with E-state index in [-0.39, 0.29) is 23.7 Å². The van der Waals surface area contributed by atoms with E-state index >= 15 is 0 Å². The molecule has 1 amide bonds. The van der Waals surface area contributed by atoms with Crippen LogP contribution in [0.2, 0.25) is 0 Å². The molecule has 2 aliphatic rings. The van der Waals surface area contributed by atoms with Gasteiger partial charge in [0.2, 0.25) is 0 Å². The molecular weight excluding hydrogens is 296 g/mol. The highest BCUT2D eigenvalue weighted by Crippen LogP contribution is 2.56. The second kappa shape index (κ2) is 5.03. The van der Waals surface area contributed by atoms with Crippen LogP contribution in [0.4, 0.5) is 11.4 Å². The molecule has 0 saturated heterocycles. The van der Waals surface area contributed by atoms with Crippen LogP contribution >= 0.6 is 12.4 Å². The Bertz CT molecular complexity index is 753. The number of carbonyl (C=O) groups is 1. The van der Waals surface area contributed by atoms with Crippen molar-refractivity contribution < 1.29 is 4.79 Å². The zero-order valence-electron chi connectivity index (χ0n) is 12.5. The molecule has 2 aromatic rings. The van der Waals surface area contributed by atoms with Crippen LogP contribution in [0, 0.1) is 6.92 Å². The number of benzene rings is 2. The molecule has 4 rings (SSSR count). The number of para-hydroxylation sites is 1. The predicted octanol–water partition coefficient (Wildman–Crippen LogP) is 3.69. The Labute approximate surface area is 136 Å². The first-order chi connectivity index (χ1) is 10.1. The van der Waals surface area contributed by atoms with Crippen LogP contribution in [0.5, 0.6) is 0 Å². The number of halogens is 1. The van der Waals surface area contributed by atoms with Gasteiger partial charge in [0.05, 0.1) is 0 Å². The van der Waals surface area contributed by atoms with Crippen molar-refractivity contribution in [2.75, 3.05) is 17.2 Å². The van der Waals surface area contributed by atoms with E-state index in [0.29, 0.717) is 11.3 Å². The lowest BCUT2D eigenvalue weighted by atomic mass is 9.99. The largest absolute Gasteiger partial charge is 0.399 e. The Morgan fingerprint density at radius 1 is 1.18 bits per heavy atom. The Kier molecular flexibility index (Phi) is 3.41. The van der Waals surface area contributed by atoms with Crippen molar-refractivity contribution in [1.82, 2.24) is 0 Å². The summed E-state index contributed by atoms with van der Waals surface area (Å²) in [6, 6.07) is 13.8. The average molecular weight is 315 g/mol. The number of nitrogens with two attached hydrogens (primary N) is 1. The van der Waals surface area contributed by atoms with Crippen LogP contribution in [-0.2, 0) is 5.41 Å². The molecule has 1 aliphatic heterocycles. The summed E-state index contributed by atoms with van der Waals surface area (Å²) in [7, 11) is 0. The van der Waals surface area contributed by atoms with Gasteiger partial charge >= 0.3 is 0 Å². The molecule has 0 bridgehead atoms. The topological polar surface area (TPSA) is 46.3 Å². The number of amides is 1. The van der Waals surface area contributed by atoms with Crippen LogP contribution < -0.4 is 10.6 Å². The number of hydrogen-bond donors (Lipinski definition) is 1. The molecule has 1 aliphatic carbocycles. The van der Waals surface area contributed by atoms with Gasteiger partial charge in [0.15, 0.2) is 0 Å². The first-order valence-corrected chi connectivity index (χ1v) is 7.38. The van der Waals surface area contributed by atoms with Crippen LogP contribution in [-0.4, -0.2) is 12.5 Å². The lowest BCUT2D eigenvalue weighted by Gasteiger charge is -2.19. The number of nitrogens with zero attached hydrogens (tertiary/aromatic N) is 1. The van der Waals surface area contributed by atoms with Crippen molar-refractivity contribution in [2.45, 2.75) is 25.2 Å². The van der Waals surface area contributed by atoms with Gasteiger partial charge in [0, 0.05) is 28.9 Å². The highest BCUT2D eigenvalue weighted by molar-refractivity contribution is 6.09. The van der Waals surface area contributed by atoms with Crippen LogP contribution in [0.3, 0.4) is 0 Å². The van der Waals surface area contributed by atoms with Crippen molar-refractivity contribution in [3.05, 3.63) is 59.2 Å². The fraction of sp³-hybridized carbons (Fsp3) is 0.278. The van der Waals surface area contributed by atoms with Crippen molar-refractivity contribution >= 4 is 29.7 Å². The summed E-state index contributed by atoms with van der Waals surface area (Å²) in [5, 5.41) is 0. The molecule has 2 N–H and O–H groups in total. The maximum absolute atomic E-state index is 13.0. The molecule has 4 heteroatoms. The van der Waals surface area contributed by atoms with Gasteiger partial charge in [0.1, 0.15) is 0 Å². The lowest BCUT2D eigenvalue weighted by molar-refractivity contribution is 0.0987. The van der Waals surface area contributed by atoms with E-state index in [1.807, 2.05) is 30.0 Å². The number of anilines is 2. The SMILES string of the molecule is Cc1ccc(N)cc1C(=O)N1CC2(CC2)c2ccccc21.Cl. The minimum absolute atomic E-state index is 0. The normalized spacial score (nSPS) is 17.0. The van der Waals surface area contributed by atoms with Crippen LogP contribution in [0.25, 0.3) is 0 Å². The lowest BCUT2D eigenvalue weighted by Crippen LogP contribution is -2.32. The molecule has 1 heterocycles. The van der Waals surface area contributed by atoms with E-state index in [1.54, 1.807) is 6.07 Å². The zero-order chi connectivity index (χ0) is 14.6. The van der Waals surface area contributed by atoms with Gasteiger partial charge in [-0.2, -0.15) is 0 Å². The number of aryl methyl sites for hydroxylation is 1. The fourth-order valence-electron chi connectivity index (χ4n) is 3.41. The number of fused-ring (bicyclic) bond motifs is 2. The maximum Gasteiger partial charge on any atom is 0.258 e. The van der Waals surface area contributed by atoms with Crippen molar-refractivity contribution in [1.29, 1.82) is 0 Å². The Morgan fingerprint density at radius 2 is 1.91 bits per heavy atom. The second-order valence-corrected chi connectivity index (χ2v) is 6.26.